The minimum Gasteiger partial charge on any atom is -0.507 e. The Kier molecular flexibility index (Phi) is 4.94. The largest absolute Gasteiger partial charge is 0.507 e. The molecule has 0 aliphatic heterocycles. The van der Waals surface area contributed by atoms with Crippen LogP contribution in [0, 0.1) is 12.8 Å². The average Bonchev–Trinajstić information content (AvgIpc) is 2.70. The van der Waals surface area contributed by atoms with Gasteiger partial charge in [0.2, 0.25) is 0 Å². The van der Waals surface area contributed by atoms with Gasteiger partial charge in [-0.25, -0.2) is 0 Å². The molecule has 0 saturated heterocycles. The van der Waals surface area contributed by atoms with Gasteiger partial charge in [-0.15, -0.1) is 0 Å². The van der Waals surface area contributed by atoms with Crippen molar-refractivity contribution in [1.82, 2.24) is 0 Å². The summed E-state index contributed by atoms with van der Waals surface area (Å²) in [6.45, 7) is 1.75. The third-order valence-electron chi connectivity index (χ3n) is 4.18. The summed E-state index contributed by atoms with van der Waals surface area (Å²) < 4.78 is 0. The third-order valence-corrected chi connectivity index (χ3v) is 4.18. The molecule has 1 aromatic carbocycles. The van der Waals surface area contributed by atoms with Gasteiger partial charge in [-0.3, -0.25) is 9.59 Å². The predicted molar refractivity (Wildman–Crippen MR) is 78.0 cm³/mol. The number of Topliss-reactive ketones (excluding diaryl/α,β-unsaturated/α-hetero) is 2. The zero-order valence-corrected chi connectivity index (χ0v) is 12.0. The number of phenols is 1. The van der Waals surface area contributed by atoms with Gasteiger partial charge < -0.3 is 5.11 Å². The van der Waals surface area contributed by atoms with Gasteiger partial charge in [0.1, 0.15) is 11.5 Å². The standard InChI is InChI=1S/C17H22O3/c1-12-7-6-10-14(17(12)20)16(19)11-15(18)13-8-4-2-3-5-9-13/h6-7,10,13,20H,2-5,8-9,11H2,1H3. The molecule has 1 aliphatic carbocycles. The van der Waals surface area contributed by atoms with Gasteiger partial charge in [0.25, 0.3) is 0 Å². The molecule has 0 spiro atoms. The summed E-state index contributed by atoms with van der Waals surface area (Å²) in [5.74, 6) is -0.183. The van der Waals surface area contributed by atoms with E-state index in [2.05, 4.69) is 0 Å². The highest BCUT2D eigenvalue weighted by molar-refractivity contribution is 6.10. The summed E-state index contributed by atoms with van der Waals surface area (Å²) in [7, 11) is 0. The molecule has 0 heterocycles. The van der Waals surface area contributed by atoms with E-state index in [1.807, 2.05) is 0 Å². The van der Waals surface area contributed by atoms with Gasteiger partial charge in [-0.1, -0.05) is 37.8 Å². The number of carbonyl (C=O) groups is 2. The molecule has 1 saturated carbocycles. The molecule has 0 atom stereocenters. The Balaban J connectivity index is 2.03. The van der Waals surface area contributed by atoms with E-state index in [0.29, 0.717) is 5.56 Å². The molecule has 1 N–H and O–H groups in total. The van der Waals surface area contributed by atoms with E-state index in [0.717, 1.165) is 25.7 Å². The summed E-state index contributed by atoms with van der Waals surface area (Å²) in [5.41, 5.74) is 0.935. The highest BCUT2D eigenvalue weighted by Gasteiger charge is 2.23. The Morgan fingerprint density at radius 1 is 1.15 bits per heavy atom. The molecule has 3 heteroatoms. The molecule has 0 bridgehead atoms. The lowest BCUT2D eigenvalue weighted by Gasteiger charge is -2.12. The monoisotopic (exact) mass is 274 g/mol. The van der Waals surface area contributed by atoms with Crippen molar-refractivity contribution < 1.29 is 14.7 Å². The van der Waals surface area contributed by atoms with Gasteiger partial charge in [0.15, 0.2) is 5.78 Å². The quantitative estimate of drug-likeness (QED) is 0.516. The lowest BCUT2D eigenvalue weighted by atomic mass is 9.91. The number of ketones is 2. The number of hydrogen-bond acceptors (Lipinski definition) is 3. The maximum atomic E-state index is 12.2. The lowest BCUT2D eigenvalue weighted by molar-refractivity contribution is -0.122. The zero-order chi connectivity index (χ0) is 14.5. The van der Waals surface area contributed by atoms with Crippen LogP contribution >= 0.6 is 0 Å². The van der Waals surface area contributed by atoms with E-state index in [1.165, 1.54) is 12.8 Å². The van der Waals surface area contributed by atoms with Gasteiger partial charge in [-0.05, 0) is 31.4 Å². The molecule has 0 amide bonds. The Hall–Kier alpha value is -1.64. The molecule has 1 fully saturated rings. The van der Waals surface area contributed by atoms with E-state index in [-0.39, 0.29) is 35.2 Å². The fraction of sp³-hybridized carbons (Fsp3) is 0.529. The van der Waals surface area contributed by atoms with Crippen molar-refractivity contribution in [2.75, 3.05) is 0 Å². The van der Waals surface area contributed by atoms with Gasteiger partial charge in [-0.2, -0.15) is 0 Å². The van der Waals surface area contributed by atoms with Crippen LogP contribution in [0.1, 0.15) is 60.9 Å². The van der Waals surface area contributed by atoms with E-state index in [4.69, 9.17) is 0 Å². The molecule has 0 unspecified atom stereocenters. The fourth-order valence-corrected chi connectivity index (χ4v) is 2.88. The number of phenolic OH excluding ortho intramolecular Hbond substituents is 1. The van der Waals surface area contributed by atoms with Crippen molar-refractivity contribution in [3.63, 3.8) is 0 Å². The number of aromatic hydroxyl groups is 1. The minimum atomic E-state index is -0.263. The van der Waals surface area contributed by atoms with E-state index in [9.17, 15) is 14.7 Å². The van der Waals surface area contributed by atoms with Crippen LogP contribution in [-0.2, 0) is 4.79 Å². The molecule has 1 aliphatic rings. The predicted octanol–water partition coefficient (Wildman–Crippen LogP) is 3.81. The first-order chi connectivity index (χ1) is 9.59. The van der Waals surface area contributed by atoms with Crippen LogP contribution in [0.2, 0.25) is 0 Å². The SMILES string of the molecule is Cc1cccc(C(=O)CC(=O)C2CCCCCC2)c1O. The Labute approximate surface area is 120 Å². The first kappa shape index (κ1) is 14.8. The highest BCUT2D eigenvalue weighted by Crippen LogP contribution is 2.27. The van der Waals surface area contributed by atoms with Gasteiger partial charge in [0.05, 0.1) is 12.0 Å². The second-order valence-corrected chi connectivity index (χ2v) is 5.73. The van der Waals surface area contributed by atoms with E-state index >= 15 is 0 Å². The van der Waals surface area contributed by atoms with Crippen LogP contribution in [0.4, 0.5) is 0 Å². The van der Waals surface area contributed by atoms with Crippen LogP contribution in [0.15, 0.2) is 18.2 Å². The zero-order valence-electron chi connectivity index (χ0n) is 12.0. The lowest BCUT2D eigenvalue weighted by Crippen LogP contribution is -2.18. The first-order valence-electron chi connectivity index (χ1n) is 7.44. The summed E-state index contributed by atoms with van der Waals surface area (Å²) in [6, 6.07) is 5.07. The highest BCUT2D eigenvalue weighted by atomic mass is 16.3. The molecular formula is C17H22O3. The molecule has 108 valence electrons. The Morgan fingerprint density at radius 3 is 2.45 bits per heavy atom. The molecule has 0 radical (unpaired) electrons. The second-order valence-electron chi connectivity index (χ2n) is 5.73. The molecule has 3 nitrogen and oxygen atoms in total. The smallest absolute Gasteiger partial charge is 0.173 e. The number of aryl methyl sites for hydroxylation is 1. The van der Waals surface area contributed by atoms with Crippen molar-refractivity contribution in [2.24, 2.45) is 5.92 Å². The minimum absolute atomic E-state index is 0.00571. The number of benzene rings is 1. The Morgan fingerprint density at radius 2 is 1.80 bits per heavy atom. The summed E-state index contributed by atoms with van der Waals surface area (Å²) in [6.07, 6.45) is 6.28. The van der Waals surface area contributed by atoms with Gasteiger partial charge >= 0.3 is 0 Å². The van der Waals surface area contributed by atoms with Gasteiger partial charge in [0, 0.05) is 5.92 Å². The third kappa shape index (κ3) is 3.47. The molecule has 2 rings (SSSR count). The number of para-hydroxylation sites is 1. The summed E-state index contributed by atoms with van der Waals surface area (Å²) in [4.78, 5) is 24.4. The van der Waals surface area contributed by atoms with Crippen molar-refractivity contribution in [3.8, 4) is 5.75 Å². The molecule has 0 aromatic heterocycles. The number of carbonyl (C=O) groups excluding carboxylic acids is 2. The summed E-state index contributed by atoms with van der Waals surface area (Å²) in [5, 5.41) is 9.90. The topological polar surface area (TPSA) is 54.4 Å². The van der Waals surface area contributed by atoms with Crippen molar-refractivity contribution in [1.29, 1.82) is 0 Å². The van der Waals surface area contributed by atoms with Crippen molar-refractivity contribution in [3.05, 3.63) is 29.3 Å². The Bertz CT molecular complexity index is 497. The van der Waals surface area contributed by atoms with Crippen molar-refractivity contribution >= 4 is 11.6 Å². The normalized spacial score (nSPS) is 16.6. The maximum Gasteiger partial charge on any atom is 0.173 e. The molecule has 20 heavy (non-hydrogen) atoms. The van der Waals surface area contributed by atoms with E-state index < -0.39 is 0 Å². The van der Waals surface area contributed by atoms with Crippen LogP contribution < -0.4 is 0 Å². The maximum absolute atomic E-state index is 12.2. The van der Waals surface area contributed by atoms with Crippen LogP contribution in [0.3, 0.4) is 0 Å². The fourth-order valence-electron chi connectivity index (χ4n) is 2.88. The molecule has 1 aromatic rings. The second kappa shape index (κ2) is 6.69. The summed E-state index contributed by atoms with van der Waals surface area (Å²) >= 11 is 0. The van der Waals surface area contributed by atoms with Crippen molar-refractivity contribution in [2.45, 2.75) is 51.9 Å². The van der Waals surface area contributed by atoms with E-state index in [1.54, 1.807) is 25.1 Å². The number of hydrogen-bond donors (Lipinski definition) is 1. The van der Waals surface area contributed by atoms with Crippen LogP contribution in [0.25, 0.3) is 0 Å². The molecular weight excluding hydrogens is 252 g/mol. The number of rotatable bonds is 4. The van der Waals surface area contributed by atoms with Crippen LogP contribution in [-0.4, -0.2) is 16.7 Å². The van der Waals surface area contributed by atoms with Crippen LogP contribution in [0.5, 0.6) is 5.75 Å². The average molecular weight is 274 g/mol. The first-order valence-corrected chi connectivity index (χ1v) is 7.44.